The number of benzene rings is 2. The predicted molar refractivity (Wildman–Crippen MR) is 96.3 cm³/mol. The van der Waals surface area contributed by atoms with Crippen LogP contribution in [0.25, 0.3) is 0 Å². The fraction of sp³-hybridized carbons (Fsp3) is 0.400. The number of nitrogens with one attached hydrogen (secondary N) is 1. The van der Waals surface area contributed by atoms with E-state index in [-0.39, 0.29) is 6.10 Å². The van der Waals surface area contributed by atoms with E-state index in [0.717, 1.165) is 11.5 Å². The molecule has 2 heterocycles. The molecule has 4 heteroatoms. The van der Waals surface area contributed by atoms with E-state index in [1.165, 1.54) is 41.3 Å². The normalized spacial score (nSPS) is 25.8. The van der Waals surface area contributed by atoms with Crippen molar-refractivity contribution in [1.82, 2.24) is 0 Å². The summed E-state index contributed by atoms with van der Waals surface area (Å²) in [6.07, 6.45) is 2.53. The monoisotopic (exact) mass is 342 g/mol. The SMILES string of the molecule is COc1ccc2c(c1)[C@H](C1CC[NH+](C)CC1)Oc1ccccc1S2. The van der Waals surface area contributed by atoms with Gasteiger partial charge in [-0.1, -0.05) is 23.9 Å². The Hall–Kier alpha value is -1.65. The number of hydrogen-bond acceptors (Lipinski definition) is 3. The molecule has 0 amide bonds. The third-order valence-electron chi connectivity index (χ3n) is 5.16. The third-order valence-corrected chi connectivity index (χ3v) is 6.31. The molecule has 2 aliphatic heterocycles. The molecule has 0 saturated carbocycles. The fourth-order valence-corrected chi connectivity index (χ4v) is 4.73. The van der Waals surface area contributed by atoms with Crippen LogP contribution in [0.15, 0.2) is 52.3 Å². The van der Waals surface area contributed by atoms with Gasteiger partial charge in [-0.3, -0.25) is 0 Å². The standard InChI is InChI=1S/C20H23NO2S/c1-21-11-9-14(10-12-21)20-16-13-15(22-2)7-8-18(16)24-19-6-4-3-5-17(19)23-20/h3-8,13-14,20H,9-12H2,1-2H3/p+1/t20-/m0/s1. The van der Waals surface area contributed by atoms with Gasteiger partial charge in [0.05, 0.1) is 32.1 Å². The quantitative estimate of drug-likeness (QED) is 0.906. The first kappa shape index (κ1) is 15.9. The van der Waals surface area contributed by atoms with Gasteiger partial charge in [0.25, 0.3) is 0 Å². The van der Waals surface area contributed by atoms with E-state index in [1.807, 2.05) is 0 Å². The highest BCUT2D eigenvalue weighted by atomic mass is 32.2. The first-order valence-corrected chi connectivity index (χ1v) is 9.49. The molecular weight excluding hydrogens is 318 g/mol. The van der Waals surface area contributed by atoms with Crippen LogP contribution < -0.4 is 14.4 Å². The number of likely N-dealkylation sites (tertiary alicyclic amines) is 1. The van der Waals surface area contributed by atoms with Crippen molar-refractivity contribution in [1.29, 1.82) is 0 Å². The molecule has 0 spiro atoms. The van der Waals surface area contributed by atoms with Gasteiger partial charge >= 0.3 is 0 Å². The van der Waals surface area contributed by atoms with Gasteiger partial charge in [0.2, 0.25) is 0 Å². The molecule has 0 unspecified atom stereocenters. The first-order chi connectivity index (χ1) is 11.7. The minimum Gasteiger partial charge on any atom is -0.497 e. The molecule has 0 aliphatic carbocycles. The summed E-state index contributed by atoms with van der Waals surface area (Å²) in [6, 6.07) is 14.8. The minimum atomic E-state index is 0.111. The molecule has 24 heavy (non-hydrogen) atoms. The Morgan fingerprint density at radius 2 is 1.88 bits per heavy atom. The van der Waals surface area contributed by atoms with Crippen molar-refractivity contribution in [2.45, 2.75) is 28.7 Å². The Bertz CT molecular complexity index is 725. The summed E-state index contributed by atoms with van der Waals surface area (Å²) in [6.45, 7) is 2.44. The molecule has 2 aliphatic rings. The molecule has 3 nitrogen and oxygen atoms in total. The summed E-state index contributed by atoms with van der Waals surface area (Å²) >= 11 is 1.81. The number of quaternary nitrogens is 1. The van der Waals surface area contributed by atoms with E-state index in [0.29, 0.717) is 5.92 Å². The maximum absolute atomic E-state index is 6.57. The summed E-state index contributed by atoms with van der Waals surface area (Å²) < 4.78 is 12.1. The third kappa shape index (κ3) is 3.01. The van der Waals surface area contributed by atoms with Crippen molar-refractivity contribution in [3.05, 3.63) is 48.0 Å². The summed E-state index contributed by atoms with van der Waals surface area (Å²) in [5, 5.41) is 0. The number of para-hydroxylation sites is 1. The lowest BCUT2D eigenvalue weighted by atomic mass is 9.87. The molecule has 1 N–H and O–H groups in total. The van der Waals surface area contributed by atoms with Crippen molar-refractivity contribution in [2.75, 3.05) is 27.2 Å². The van der Waals surface area contributed by atoms with Gasteiger partial charge in [0.1, 0.15) is 17.6 Å². The second-order valence-electron chi connectivity index (χ2n) is 6.79. The Balaban J connectivity index is 1.76. The average molecular weight is 342 g/mol. The van der Waals surface area contributed by atoms with Crippen LogP contribution >= 0.6 is 11.8 Å². The van der Waals surface area contributed by atoms with Gasteiger partial charge in [0.15, 0.2) is 0 Å². The lowest BCUT2D eigenvalue weighted by Crippen LogP contribution is -3.10. The number of ether oxygens (including phenoxy) is 2. The zero-order chi connectivity index (χ0) is 16.5. The first-order valence-electron chi connectivity index (χ1n) is 8.67. The van der Waals surface area contributed by atoms with E-state index in [1.54, 1.807) is 23.8 Å². The van der Waals surface area contributed by atoms with E-state index in [4.69, 9.17) is 9.47 Å². The van der Waals surface area contributed by atoms with Crippen LogP contribution in [0, 0.1) is 5.92 Å². The number of piperidine rings is 1. The topological polar surface area (TPSA) is 22.9 Å². The molecular formula is C20H24NO2S+. The second-order valence-corrected chi connectivity index (χ2v) is 7.87. The molecule has 0 bridgehead atoms. The highest BCUT2D eigenvalue weighted by molar-refractivity contribution is 7.99. The van der Waals surface area contributed by atoms with Crippen molar-refractivity contribution in [3.63, 3.8) is 0 Å². The summed E-state index contributed by atoms with van der Waals surface area (Å²) in [4.78, 5) is 4.11. The van der Waals surface area contributed by atoms with Gasteiger partial charge in [-0.05, 0) is 30.3 Å². The summed E-state index contributed by atoms with van der Waals surface area (Å²) in [5.41, 5.74) is 1.28. The highest BCUT2D eigenvalue weighted by Gasteiger charge is 2.34. The minimum absolute atomic E-state index is 0.111. The van der Waals surface area contributed by atoms with E-state index in [2.05, 4.69) is 49.5 Å². The number of methoxy groups -OCH3 is 1. The van der Waals surface area contributed by atoms with E-state index < -0.39 is 0 Å². The van der Waals surface area contributed by atoms with Gasteiger partial charge < -0.3 is 14.4 Å². The molecule has 0 radical (unpaired) electrons. The Morgan fingerprint density at radius 1 is 1.08 bits per heavy atom. The number of rotatable bonds is 2. The maximum atomic E-state index is 6.57. The zero-order valence-electron chi connectivity index (χ0n) is 14.2. The van der Waals surface area contributed by atoms with Crippen LogP contribution in [0.4, 0.5) is 0 Å². The van der Waals surface area contributed by atoms with Crippen molar-refractivity contribution >= 4 is 11.8 Å². The maximum Gasteiger partial charge on any atom is 0.134 e. The largest absolute Gasteiger partial charge is 0.497 e. The van der Waals surface area contributed by atoms with E-state index >= 15 is 0 Å². The molecule has 0 aromatic heterocycles. The fourth-order valence-electron chi connectivity index (χ4n) is 3.71. The molecule has 2 aromatic rings. The van der Waals surface area contributed by atoms with Crippen LogP contribution in [-0.2, 0) is 0 Å². The van der Waals surface area contributed by atoms with Crippen LogP contribution in [-0.4, -0.2) is 27.2 Å². The van der Waals surface area contributed by atoms with Gasteiger partial charge in [-0.15, -0.1) is 0 Å². The molecule has 1 fully saturated rings. The van der Waals surface area contributed by atoms with E-state index in [9.17, 15) is 0 Å². The lowest BCUT2D eigenvalue weighted by Gasteiger charge is -2.33. The second kappa shape index (κ2) is 6.69. The summed E-state index contributed by atoms with van der Waals surface area (Å²) in [7, 11) is 4.02. The molecule has 126 valence electrons. The predicted octanol–water partition coefficient (Wildman–Crippen LogP) is 3.20. The number of fused-ring (bicyclic) bond motifs is 2. The van der Waals surface area contributed by atoms with Gasteiger partial charge in [-0.2, -0.15) is 0 Å². The highest BCUT2D eigenvalue weighted by Crippen LogP contribution is 2.47. The molecule has 4 rings (SSSR count). The Kier molecular flexibility index (Phi) is 4.42. The molecule has 1 atom stereocenters. The van der Waals surface area contributed by atoms with Crippen LogP contribution in [0.5, 0.6) is 11.5 Å². The van der Waals surface area contributed by atoms with Crippen LogP contribution in [0.2, 0.25) is 0 Å². The van der Waals surface area contributed by atoms with Gasteiger partial charge in [0, 0.05) is 29.2 Å². The van der Waals surface area contributed by atoms with Crippen molar-refractivity contribution < 1.29 is 14.4 Å². The zero-order valence-corrected chi connectivity index (χ0v) is 15.1. The Labute approximate surface area is 148 Å². The number of hydrogen-bond donors (Lipinski definition) is 1. The Morgan fingerprint density at radius 3 is 2.67 bits per heavy atom. The molecule has 1 saturated heterocycles. The van der Waals surface area contributed by atoms with Crippen molar-refractivity contribution in [2.24, 2.45) is 5.92 Å². The lowest BCUT2D eigenvalue weighted by molar-refractivity contribution is -0.886. The van der Waals surface area contributed by atoms with Crippen LogP contribution in [0.1, 0.15) is 24.5 Å². The molecule has 2 aromatic carbocycles. The summed E-state index contributed by atoms with van der Waals surface area (Å²) in [5.74, 6) is 2.48. The van der Waals surface area contributed by atoms with Gasteiger partial charge in [-0.25, -0.2) is 0 Å². The van der Waals surface area contributed by atoms with Crippen LogP contribution in [0.3, 0.4) is 0 Å². The smallest absolute Gasteiger partial charge is 0.134 e. The van der Waals surface area contributed by atoms with Crippen molar-refractivity contribution in [3.8, 4) is 11.5 Å². The average Bonchev–Trinajstić information content (AvgIpc) is 2.78.